The maximum atomic E-state index is 12.9. The number of hydrogen-bond acceptors (Lipinski definition) is 5. The van der Waals surface area contributed by atoms with E-state index in [1.807, 2.05) is 31.2 Å². The predicted molar refractivity (Wildman–Crippen MR) is 111 cm³/mol. The third-order valence-corrected chi connectivity index (χ3v) is 6.15. The number of hydrogen-bond donors (Lipinski definition) is 3. The van der Waals surface area contributed by atoms with Crippen LogP contribution in [-0.2, 0) is 17.4 Å². The number of aryl methyl sites for hydroxylation is 1. The van der Waals surface area contributed by atoms with Gasteiger partial charge in [0.1, 0.15) is 22.7 Å². The molecule has 1 aromatic carbocycles. The molecule has 29 heavy (non-hydrogen) atoms. The summed E-state index contributed by atoms with van der Waals surface area (Å²) in [7, 11) is -1.57. The molecule has 0 radical (unpaired) electrons. The summed E-state index contributed by atoms with van der Waals surface area (Å²) in [5.74, 6) is 0.0429. The number of rotatable bonds is 6. The summed E-state index contributed by atoms with van der Waals surface area (Å²) in [5.41, 5.74) is 1.06. The van der Waals surface area contributed by atoms with E-state index in [1.165, 1.54) is 6.20 Å². The van der Waals surface area contributed by atoms with Crippen LogP contribution in [0.15, 0.2) is 41.4 Å². The number of benzene rings is 1. The van der Waals surface area contributed by atoms with E-state index < -0.39 is 28.7 Å². The van der Waals surface area contributed by atoms with Gasteiger partial charge in [-0.1, -0.05) is 19.1 Å². The summed E-state index contributed by atoms with van der Waals surface area (Å²) in [6, 6.07) is 8.39. The molecule has 0 fully saturated rings. The highest BCUT2D eigenvalue weighted by atomic mass is 32.2. The Kier molecular flexibility index (Phi) is 6.36. The Morgan fingerprint density at radius 3 is 2.59 bits per heavy atom. The highest BCUT2D eigenvalue weighted by Crippen LogP contribution is 2.39. The molecule has 3 N–H and O–H groups in total. The van der Waals surface area contributed by atoms with Gasteiger partial charge in [-0.05, 0) is 51.0 Å². The number of carbonyl (C=O) groups is 1. The van der Waals surface area contributed by atoms with Gasteiger partial charge in [-0.3, -0.25) is 4.79 Å². The van der Waals surface area contributed by atoms with Crippen molar-refractivity contribution in [3.05, 3.63) is 53.2 Å². The first-order valence-corrected chi connectivity index (χ1v) is 10.8. The Balaban J connectivity index is 1.94. The molecule has 0 bridgehead atoms. The predicted octanol–water partition coefficient (Wildman–Crippen LogP) is 2.28. The molecule has 2 aromatic rings. The van der Waals surface area contributed by atoms with Gasteiger partial charge in [0.15, 0.2) is 0 Å². The van der Waals surface area contributed by atoms with Crippen molar-refractivity contribution < 1.29 is 18.8 Å². The van der Waals surface area contributed by atoms with Gasteiger partial charge < -0.3 is 15.2 Å². The number of nitrogens with zero attached hydrogens (tertiary/aromatic N) is 1. The molecule has 0 saturated heterocycles. The van der Waals surface area contributed by atoms with E-state index in [2.05, 4.69) is 21.9 Å². The van der Waals surface area contributed by atoms with Crippen LogP contribution in [0.3, 0.4) is 0 Å². The molecule has 1 aromatic heterocycles. The number of fused-ring (bicyclic) bond motifs is 1. The summed E-state index contributed by atoms with van der Waals surface area (Å²) in [6.45, 7) is 7.86. The first kappa shape index (κ1) is 21.4. The smallest absolute Gasteiger partial charge is 0.252 e. The molecule has 1 aliphatic heterocycles. The van der Waals surface area contributed by atoms with Gasteiger partial charge in [0.2, 0.25) is 5.88 Å². The van der Waals surface area contributed by atoms with E-state index in [1.54, 1.807) is 19.9 Å². The van der Waals surface area contributed by atoms with Gasteiger partial charge >= 0.3 is 0 Å². The Hall–Kier alpha value is -2.29. The second kappa shape index (κ2) is 8.61. The Morgan fingerprint density at radius 2 is 1.97 bits per heavy atom. The van der Waals surface area contributed by atoms with E-state index in [0.717, 1.165) is 12.0 Å². The molecule has 3 atom stereocenters. The number of ether oxygens (including phenoxy) is 1. The molecule has 1 aliphatic rings. The summed E-state index contributed by atoms with van der Waals surface area (Å²) in [4.78, 5) is 17.1. The van der Waals surface area contributed by atoms with Crippen LogP contribution in [0.2, 0.25) is 0 Å². The summed E-state index contributed by atoms with van der Waals surface area (Å²) in [6.07, 6.45) is 1.34. The van der Waals surface area contributed by atoms with Gasteiger partial charge in [0.25, 0.3) is 5.91 Å². The van der Waals surface area contributed by atoms with Crippen molar-refractivity contribution in [1.82, 2.24) is 15.0 Å². The summed E-state index contributed by atoms with van der Waals surface area (Å²) >= 11 is 0. The van der Waals surface area contributed by atoms with Gasteiger partial charge in [-0.2, -0.15) is 0 Å². The van der Waals surface area contributed by atoms with Crippen LogP contribution in [0.4, 0.5) is 0 Å². The standard InChI is InChI=1S/C21H27N3O4S/c1-5-13-7-9-15(10-8-13)29(27)24-17-16-11-14(19(26)22-6-2)12-23-20(16)28-21(3,4)18(17)25/h7-12,17-18,24-25H,5-6H2,1-4H3,(H,22,26)/t17-,18+,29?/m1/s1. The van der Waals surface area contributed by atoms with Crippen molar-refractivity contribution in [2.75, 3.05) is 6.54 Å². The van der Waals surface area contributed by atoms with Crippen LogP contribution < -0.4 is 14.8 Å². The van der Waals surface area contributed by atoms with Crippen LogP contribution in [0.5, 0.6) is 5.88 Å². The molecule has 1 unspecified atom stereocenters. The molecule has 156 valence electrons. The van der Waals surface area contributed by atoms with Crippen LogP contribution in [0.1, 0.15) is 55.2 Å². The van der Waals surface area contributed by atoms with Crippen LogP contribution in [0, 0.1) is 0 Å². The van der Waals surface area contributed by atoms with E-state index in [9.17, 15) is 14.1 Å². The normalized spacial score (nSPS) is 21.0. The lowest BCUT2D eigenvalue weighted by atomic mass is 9.88. The van der Waals surface area contributed by atoms with Gasteiger partial charge in [0.05, 0.1) is 16.5 Å². The summed E-state index contributed by atoms with van der Waals surface area (Å²) in [5, 5.41) is 13.6. The second-order valence-corrected chi connectivity index (χ2v) is 8.73. The number of aliphatic hydroxyl groups is 1. The number of amides is 1. The molecule has 0 aliphatic carbocycles. The Labute approximate surface area is 173 Å². The van der Waals surface area contributed by atoms with E-state index in [4.69, 9.17) is 4.74 Å². The molecule has 7 nitrogen and oxygen atoms in total. The minimum absolute atomic E-state index is 0.267. The molecule has 8 heteroatoms. The SMILES string of the molecule is CCNC(=O)c1cnc2c(c1)[C@@H](NS(=O)c1ccc(CC)cc1)[C@H](O)C(C)(C)O2. The monoisotopic (exact) mass is 417 g/mol. The van der Waals surface area contributed by atoms with E-state index in [-0.39, 0.29) is 5.91 Å². The molecule has 1 amide bonds. The number of nitrogens with one attached hydrogen (secondary N) is 2. The zero-order chi connectivity index (χ0) is 21.2. The lowest BCUT2D eigenvalue weighted by molar-refractivity contribution is -0.0630. The molecule has 0 spiro atoms. The van der Waals surface area contributed by atoms with Crippen molar-refractivity contribution in [1.29, 1.82) is 0 Å². The maximum Gasteiger partial charge on any atom is 0.252 e. The molecule has 3 rings (SSSR count). The fourth-order valence-corrected chi connectivity index (χ4v) is 4.21. The van der Waals surface area contributed by atoms with Crippen molar-refractivity contribution in [2.45, 2.75) is 56.8 Å². The summed E-state index contributed by atoms with van der Waals surface area (Å²) < 4.78 is 21.8. The van der Waals surface area contributed by atoms with Crippen molar-refractivity contribution in [3.63, 3.8) is 0 Å². The topological polar surface area (TPSA) is 101 Å². The third kappa shape index (κ3) is 4.49. The van der Waals surface area contributed by atoms with Crippen LogP contribution in [-0.4, -0.2) is 38.5 Å². The van der Waals surface area contributed by atoms with Crippen molar-refractivity contribution in [3.8, 4) is 5.88 Å². The number of aliphatic hydroxyl groups excluding tert-OH is 1. The second-order valence-electron chi connectivity index (χ2n) is 7.49. The first-order valence-electron chi connectivity index (χ1n) is 9.69. The minimum Gasteiger partial charge on any atom is -0.469 e. The maximum absolute atomic E-state index is 12.9. The van der Waals surface area contributed by atoms with Crippen LogP contribution >= 0.6 is 0 Å². The Bertz CT molecular complexity index is 915. The highest BCUT2D eigenvalue weighted by Gasteiger charge is 2.44. The van der Waals surface area contributed by atoms with Crippen LogP contribution in [0.25, 0.3) is 0 Å². The molecular weight excluding hydrogens is 390 g/mol. The largest absolute Gasteiger partial charge is 0.469 e. The lowest BCUT2D eigenvalue weighted by Crippen LogP contribution is -2.53. The van der Waals surface area contributed by atoms with E-state index in [0.29, 0.717) is 28.4 Å². The zero-order valence-electron chi connectivity index (χ0n) is 17.1. The fourth-order valence-electron chi connectivity index (χ4n) is 3.21. The number of carbonyl (C=O) groups excluding carboxylic acids is 1. The third-order valence-electron chi connectivity index (χ3n) is 4.98. The van der Waals surface area contributed by atoms with E-state index >= 15 is 0 Å². The fraction of sp³-hybridized carbons (Fsp3) is 0.429. The first-order chi connectivity index (χ1) is 13.8. The van der Waals surface area contributed by atoms with Crippen molar-refractivity contribution >= 4 is 16.9 Å². The molecule has 2 heterocycles. The van der Waals surface area contributed by atoms with Gasteiger partial charge in [-0.25, -0.2) is 13.9 Å². The minimum atomic E-state index is -1.57. The lowest BCUT2D eigenvalue weighted by Gasteiger charge is -2.41. The molecule has 0 saturated carbocycles. The average Bonchev–Trinajstić information content (AvgIpc) is 2.71. The number of aromatic nitrogens is 1. The van der Waals surface area contributed by atoms with Gasteiger partial charge in [-0.15, -0.1) is 0 Å². The highest BCUT2D eigenvalue weighted by molar-refractivity contribution is 7.83. The van der Waals surface area contributed by atoms with Gasteiger partial charge in [0, 0.05) is 18.3 Å². The van der Waals surface area contributed by atoms with Crippen molar-refractivity contribution in [2.24, 2.45) is 0 Å². The quantitative estimate of drug-likeness (QED) is 0.670. The zero-order valence-corrected chi connectivity index (χ0v) is 17.9. The average molecular weight is 418 g/mol. The number of pyridine rings is 1. The molecular formula is C21H27N3O4S. The Morgan fingerprint density at radius 1 is 1.28 bits per heavy atom.